The number of hydrogen-bond acceptors (Lipinski definition) is 3. The van der Waals surface area contributed by atoms with Gasteiger partial charge in [-0.05, 0) is 55.8 Å². The van der Waals surface area contributed by atoms with Gasteiger partial charge in [-0.2, -0.15) is 0 Å². The molecular formula is C23H32N2O2. The third-order valence-electron chi connectivity index (χ3n) is 4.58. The number of nitrogens with zero attached hydrogens (tertiary/aromatic N) is 1. The predicted molar refractivity (Wildman–Crippen MR) is 111 cm³/mol. The first-order valence-corrected chi connectivity index (χ1v) is 9.80. The zero-order chi connectivity index (χ0) is 19.6. The first-order valence-electron chi connectivity index (χ1n) is 9.80. The monoisotopic (exact) mass is 368 g/mol. The average Bonchev–Trinajstić information content (AvgIpc) is 2.70. The fourth-order valence-corrected chi connectivity index (χ4v) is 2.77. The van der Waals surface area contributed by atoms with Gasteiger partial charge in [-0.1, -0.05) is 50.2 Å². The SMILES string of the molecule is CCN(CC)Cc1ccc(CNC(=O)c2ccc(COC(C)C)cc2)cc1. The minimum atomic E-state index is -0.0569. The maximum atomic E-state index is 12.3. The molecule has 0 fully saturated rings. The first kappa shape index (κ1) is 21.1. The lowest BCUT2D eigenvalue weighted by molar-refractivity contribution is 0.0657. The van der Waals surface area contributed by atoms with Gasteiger partial charge in [0.25, 0.3) is 5.91 Å². The molecule has 0 spiro atoms. The summed E-state index contributed by atoms with van der Waals surface area (Å²) in [5.74, 6) is -0.0569. The van der Waals surface area contributed by atoms with Crippen molar-refractivity contribution in [2.24, 2.45) is 0 Å². The molecule has 0 aliphatic rings. The number of amides is 1. The summed E-state index contributed by atoms with van der Waals surface area (Å²) >= 11 is 0. The largest absolute Gasteiger partial charge is 0.374 e. The Bertz CT molecular complexity index is 689. The molecule has 0 saturated carbocycles. The van der Waals surface area contributed by atoms with Crippen LogP contribution in [0.5, 0.6) is 0 Å². The van der Waals surface area contributed by atoms with Crippen LogP contribution in [0, 0.1) is 0 Å². The van der Waals surface area contributed by atoms with E-state index in [2.05, 4.69) is 48.3 Å². The Hall–Kier alpha value is -2.17. The van der Waals surface area contributed by atoms with Crippen molar-refractivity contribution in [2.75, 3.05) is 13.1 Å². The maximum absolute atomic E-state index is 12.3. The topological polar surface area (TPSA) is 41.6 Å². The van der Waals surface area contributed by atoms with Crippen molar-refractivity contribution < 1.29 is 9.53 Å². The fraction of sp³-hybridized carbons (Fsp3) is 0.435. The van der Waals surface area contributed by atoms with Crippen LogP contribution in [0.25, 0.3) is 0 Å². The fourth-order valence-electron chi connectivity index (χ4n) is 2.77. The Morgan fingerprint density at radius 1 is 0.926 bits per heavy atom. The minimum Gasteiger partial charge on any atom is -0.374 e. The molecule has 1 amide bonds. The van der Waals surface area contributed by atoms with Crippen molar-refractivity contribution in [3.05, 3.63) is 70.8 Å². The van der Waals surface area contributed by atoms with Gasteiger partial charge in [0.05, 0.1) is 12.7 Å². The minimum absolute atomic E-state index is 0.0569. The molecule has 27 heavy (non-hydrogen) atoms. The molecule has 1 N–H and O–H groups in total. The van der Waals surface area contributed by atoms with Gasteiger partial charge in [-0.15, -0.1) is 0 Å². The van der Waals surface area contributed by atoms with E-state index in [0.29, 0.717) is 18.7 Å². The van der Waals surface area contributed by atoms with Gasteiger partial charge < -0.3 is 10.1 Å². The molecule has 2 rings (SSSR count). The van der Waals surface area contributed by atoms with E-state index in [1.54, 1.807) is 0 Å². The number of carbonyl (C=O) groups excluding carboxylic acids is 1. The van der Waals surface area contributed by atoms with Crippen molar-refractivity contribution >= 4 is 5.91 Å². The van der Waals surface area contributed by atoms with Crippen molar-refractivity contribution in [1.29, 1.82) is 0 Å². The van der Waals surface area contributed by atoms with Crippen LogP contribution in [0.4, 0.5) is 0 Å². The van der Waals surface area contributed by atoms with E-state index in [-0.39, 0.29) is 12.0 Å². The predicted octanol–water partition coefficient (Wildman–Crippen LogP) is 4.38. The number of rotatable bonds is 10. The van der Waals surface area contributed by atoms with Gasteiger partial charge in [0.15, 0.2) is 0 Å². The lowest BCUT2D eigenvalue weighted by Crippen LogP contribution is -2.23. The second kappa shape index (κ2) is 10.9. The highest BCUT2D eigenvalue weighted by Crippen LogP contribution is 2.10. The summed E-state index contributed by atoms with van der Waals surface area (Å²) < 4.78 is 5.58. The zero-order valence-electron chi connectivity index (χ0n) is 17.0. The van der Waals surface area contributed by atoms with Crippen molar-refractivity contribution in [2.45, 2.75) is 53.5 Å². The van der Waals surface area contributed by atoms with Crippen LogP contribution in [-0.4, -0.2) is 30.0 Å². The number of benzene rings is 2. The Kier molecular flexibility index (Phi) is 8.49. The van der Waals surface area contributed by atoms with Crippen LogP contribution in [0.1, 0.15) is 54.7 Å². The summed E-state index contributed by atoms with van der Waals surface area (Å²) in [6.45, 7) is 12.5. The molecule has 2 aromatic rings. The van der Waals surface area contributed by atoms with Crippen LogP contribution in [-0.2, 0) is 24.4 Å². The molecular weight excluding hydrogens is 336 g/mol. The summed E-state index contributed by atoms with van der Waals surface area (Å²) in [5, 5.41) is 2.99. The molecule has 2 aromatic carbocycles. The average molecular weight is 369 g/mol. The highest BCUT2D eigenvalue weighted by molar-refractivity contribution is 5.94. The van der Waals surface area contributed by atoms with E-state index in [9.17, 15) is 4.79 Å². The molecule has 0 saturated heterocycles. The standard InChI is InChI=1S/C23H32N2O2/c1-5-25(6-2)16-20-9-7-19(8-10-20)15-24-23(26)22-13-11-21(12-14-22)17-27-18(3)4/h7-14,18H,5-6,15-17H2,1-4H3,(H,24,26). The quantitative estimate of drug-likeness (QED) is 0.676. The van der Waals surface area contributed by atoms with Crippen molar-refractivity contribution in [3.8, 4) is 0 Å². The van der Waals surface area contributed by atoms with E-state index >= 15 is 0 Å². The van der Waals surface area contributed by atoms with Gasteiger partial charge in [0.2, 0.25) is 0 Å². The lowest BCUT2D eigenvalue weighted by Gasteiger charge is -2.18. The lowest BCUT2D eigenvalue weighted by atomic mass is 10.1. The van der Waals surface area contributed by atoms with Crippen LogP contribution in [0.3, 0.4) is 0 Å². The highest BCUT2D eigenvalue weighted by atomic mass is 16.5. The summed E-state index contributed by atoms with van der Waals surface area (Å²) in [5.41, 5.74) is 4.15. The van der Waals surface area contributed by atoms with Crippen LogP contribution >= 0.6 is 0 Å². The smallest absolute Gasteiger partial charge is 0.251 e. The number of ether oxygens (including phenoxy) is 1. The van der Waals surface area contributed by atoms with Gasteiger partial charge in [0, 0.05) is 18.7 Å². The highest BCUT2D eigenvalue weighted by Gasteiger charge is 2.06. The van der Waals surface area contributed by atoms with Gasteiger partial charge in [0.1, 0.15) is 0 Å². The molecule has 0 heterocycles. The molecule has 0 aliphatic heterocycles. The van der Waals surface area contributed by atoms with Gasteiger partial charge in [-0.25, -0.2) is 0 Å². The van der Waals surface area contributed by atoms with E-state index in [1.165, 1.54) is 5.56 Å². The molecule has 0 aromatic heterocycles. The number of hydrogen-bond donors (Lipinski definition) is 1. The maximum Gasteiger partial charge on any atom is 0.251 e. The normalized spacial score (nSPS) is 11.2. The molecule has 0 bridgehead atoms. The van der Waals surface area contributed by atoms with E-state index in [4.69, 9.17) is 4.74 Å². The Labute approximate surface area is 163 Å². The van der Waals surface area contributed by atoms with Crippen LogP contribution in [0.2, 0.25) is 0 Å². The molecule has 0 atom stereocenters. The molecule has 146 valence electrons. The first-order chi connectivity index (χ1) is 13.0. The van der Waals surface area contributed by atoms with E-state index in [1.807, 2.05) is 38.1 Å². The Balaban J connectivity index is 1.84. The van der Waals surface area contributed by atoms with Crippen LogP contribution < -0.4 is 5.32 Å². The van der Waals surface area contributed by atoms with Gasteiger partial charge in [-0.3, -0.25) is 9.69 Å². The van der Waals surface area contributed by atoms with Crippen LogP contribution in [0.15, 0.2) is 48.5 Å². The molecule has 4 heteroatoms. The van der Waals surface area contributed by atoms with E-state index < -0.39 is 0 Å². The zero-order valence-corrected chi connectivity index (χ0v) is 17.0. The molecule has 0 aliphatic carbocycles. The summed E-state index contributed by atoms with van der Waals surface area (Å²) in [6, 6.07) is 16.0. The van der Waals surface area contributed by atoms with E-state index in [0.717, 1.165) is 30.8 Å². The third kappa shape index (κ3) is 7.16. The number of carbonyl (C=O) groups is 1. The summed E-state index contributed by atoms with van der Waals surface area (Å²) in [6.07, 6.45) is 0.200. The van der Waals surface area contributed by atoms with Gasteiger partial charge >= 0.3 is 0 Å². The third-order valence-corrected chi connectivity index (χ3v) is 4.58. The van der Waals surface area contributed by atoms with Crippen molar-refractivity contribution in [3.63, 3.8) is 0 Å². The van der Waals surface area contributed by atoms with Crippen molar-refractivity contribution in [1.82, 2.24) is 10.2 Å². The Morgan fingerprint density at radius 3 is 2.04 bits per heavy atom. The Morgan fingerprint density at radius 2 is 1.48 bits per heavy atom. The second-order valence-corrected chi connectivity index (χ2v) is 7.02. The summed E-state index contributed by atoms with van der Waals surface area (Å²) in [4.78, 5) is 14.7. The number of nitrogens with one attached hydrogen (secondary N) is 1. The second-order valence-electron chi connectivity index (χ2n) is 7.02. The molecule has 0 radical (unpaired) electrons. The molecule has 0 unspecified atom stereocenters. The summed E-state index contributed by atoms with van der Waals surface area (Å²) in [7, 11) is 0. The molecule has 4 nitrogen and oxygen atoms in total.